The van der Waals surface area contributed by atoms with Gasteiger partial charge in [-0.3, -0.25) is 4.72 Å². The minimum atomic E-state index is -4.16. The molecule has 0 aliphatic heterocycles. The van der Waals surface area contributed by atoms with Crippen molar-refractivity contribution in [1.29, 1.82) is 5.26 Å². The number of nitrogens with one attached hydrogen (secondary N) is 1. The number of nitriles is 1. The Kier molecular flexibility index (Phi) is 5.69. The van der Waals surface area contributed by atoms with Gasteiger partial charge in [0.1, 0.15) is 4.90 Å². The molecule has 0 saturated carbocycles. The van der Waals surface area contributed by atoms with E-state index in [-0.39, 0.29) is 23.4 Å². The SMILES string of the molecule is N#Cc1ccc(S(N)(=O)=O)c(NS(=O)(=O)CCc2cccc(Cl)c2)c1. The first-order valence-electron chi connectivity index (χ1n) is 6.92. The van der Waals surface area contributed by atoms with Crippen LogP contribution in [0.3, 0.4) is 0 Å². The number of hydrogen-bond acceptors (Lipinski definition) is 5. The van der Waals surface area contributed by atoms with Crippen LogP contribution in [0.25, 0.3) is 0 Å². The van der Waals surface area contributed by atoms with Gasteiger partial charge in [-0.15, -0.1) is 0 Å². The van der Waals surface area contributed by atoms with Gasteiger partial charge in [0.15, 0.2) is 0 Å². The van der Waals surface area contributed by atoms with Crippen molar-refractivity contribution in [2.75, 3.05) is 10.5 Å². The minimum absolute atomic E-state index is 0.0972. The lowest BCUT2D eigenvalue weighted by Gasteiger charge is -2.12. The van der Waals surface area contributed by atoms with E-state index in [1.165, 1.54) is 6.07 Å². The second kappa shape index (κ2) is 7.41. The predicted molar refractivity (Wildman–Crippen MR) is 95.1 cm³/mol. The Morgan fingerprint density at radius 1 is 1.12 bits per heavy atom. The maximum absolute atomic E-state index is 12.3. The molecule has 0 fully saturated rings. The Hall–Kier alpha value is -2.12. The molecule has 0 bridgehead atoms. The van der Waals surface area contributed by atoms with Gasteiger partial charge in [-0.1, -0.05) is 23.7 Å². The van der Waals surface area contributed by atoms with E-state index in [2.05, 4.69) is 4.72 Å². The maximum Gasteiger partial charge on any atom is 0.240 e. The topological polar surface area (TPSA) is 130 Å². The Labute approximate surface area is 151 Å². The molecule has 0 aromatic heterocycles. The van der Waals surface area contributed by atoms with Crippen LogP contribution in [-0.4, -0.2) is 22.6 Å². The molecular weight excluding hydrogens is 386 g/mol. The third-order valence-corrected chi connectivity index (χ3v) is 5.71. The first-order chi connectivity index (χ1) is 11.6. The van der Waals surface area contributed by atoms with Crippen LogP contribution in [0, 0.1) is 11.3 Å². The molecule has 0 atom stereocenters. The van der Waals surface area contributed by atoms with Crippen LogP contribution in [0.15, 0.2) is 47.4 Å². The van der Waals surface area contributed by atoms with E-state index in [0.29, 0.717) is 5.02 Å². The van der Waals surface area contributed by atoms with Crippen LogP contribution in [0.4, 0.5) is 5.69 Å². The summed E-state index contributed by atoms with van der Waals surface area (Å²) in [5.74, 6) is -0.297. The van der Waals surface area contributed by atoms with Gasteiger partial charge in [0.2, 0.25) is 20.0 Å². The Morgan fingerprint density at radius 2 is 1.84 bits per heavy atom. The van der Waals surface area contributed by atoms with Gasteiger partial charge in [-0.05, 0) is 42.3 Å². The third kappa shape index (κ3) is 5.44. The Morgan fingerprint density at radius 3 is 2.44 bits per heavy atom. The van der Waals surface area contributed by atoms with Crippen molar-refractivity contribution in [2.45, 2.75) is 11.3 Å². The molecule has 2 rings (SSSR count). The summed E-state index contributed by atoms with van der Waals surface area (Å²) in [6, 6.07) is 12.0. The van der Waals surface area contributed by atoms with Crippen LogP contribution in [0.5, 0.6) is 0 Å². The summed E-state index contributed by atoms with van der Waals surface area (Å²) in [6.45, 7) is 0. The fraction of sp³-hybridized carbons (Fsp3) is 0.133. The number of sulfonamides is 2. The van der Waals surface area contributed by atoms with Gasteiger partial charge in [0.25, 0.3) is 0 Å². The normalized spacial score (nSPS) is 11.7. The minimum Gasteiger partial charge on any atom is -0.282 e. The van der Waals surface area contributed by atoms with E-state index in [4.69, 9.17) is 22.0 Å². The van der Waals surface area contributed by atoms with Crippen molar-refractivity contribution in [1.82, 2.24) is 0 Å². The highest BCUT2D eigenvalue weighted by Crippen LogP contribution is 2.23. The van der Waals surface area contributed by atoms with Crippen LogP contribution < -0.4 is 9.86 Å². The molecule has 2 aromatic carbocycles. The fourth-order valence-corrected chi connectivity index (χ4v) is 4.15. The monoisotopic (exact) mass is 399 g/mol. The number of aryl methyl sites for hydroxylation is 1. The van der Waals surface area contributed by atoms with Crippen LogP contribution in [0.2, 0.25) is 5.02 Å². The standard InChI is InChI=1S/C15H14ClN3O4S2/c16-13-3-1-2-11(8-13)6-7-24(20,21)19-14-9-12(10-17)4-5-15(14)25(18,22)23/h1-5,8-9,19H,6-7H2,(H2,18,22,23). The summed E-state index contributed by atoms with van der Waals surface area (Å²) in [5.41, 5.74) is 0.558. The summed E-state index contributed by atoms with van der Waals surface area (Å²) in [4.78, 5) is -0.405. The van der Waals surface area contributed by atoms with Gasteiger partial charge in [0, 0.05) is 5.02 Å². The zero-order chi connectivity index (χ0) is 18.7. The molecule has 0 aliphatic rings. The zero-order valence-electron chi connectivity index (χ0n) is 12.8. The molecule has 0 unspecified atom stereocenters. The number of nitrogens with two attached hydrogens (primary N) is 1. The van der Waals surface area contributed by atoms with Gasteiger partial charge in [-0.25, -0.2) is 22.0 Å². The lowest BCUT2D eigenvalue weighted by atomic mass is 10.2. The number of halogens is 1. The quantitative estimate of drug-likeness (QED) is 0.765. The molecule has 0 spiro atoms. The van der Waals surface area contributed by atoms with E-state index in [1.54, 1.807) is 24.3 Å². The first kappa shape index (κ1) is 19.2. The van der Waals surface area contributed by atoms with E-state index >= 15 is 0 Å². The maximum atomic E-state index is 12.3. The van der Waals surface area contributed by atoms with Crippen LogP contribution >= 0.6 is 11.6 Å². The largest absolute Gasteiger partial charge is 0.282 e. The third-order valence-electron chi connectivity index (χ3n) is 3.23. The predicted octanol–water partition coefficient (Wildman–Crippen LogP) is 1.84. The molecule has 25 heavy (non-hydrogen) atoms. The van der Waals surface area contributed by atoms with Crippen molar-refractivity contribution < 1.29 is 16.8 Å². The molecular formula is C15H14ClN3O4S2. The second-order valence-electron chi connectivity index (χ2n) is 5.17. The molecule has 0 amide bonds. The highest BCUT2D eigenvalue weighted by Gasteiger charge is 2.19. The number of benzene rings is 2. The molecule has 7 nitrogen and oxygen atoms in total. The molecule has 0 radical (unpaired) electrons. The lowest BCUT2D eigenvalue weighted by molar-refractivity contribution is 0.598. The molecule has 0 aliphatic carbocycles. The van der Waals surface area contributed by atoms with Gasteiger partial charge in [-0.2, -0.15) is 5.26 Å². The van der Waals surface area contributed by atoms with Gasteiger partial charge in [0.05, 0.1) is 23.1 Å². The van der Waals surface area contributed by atoms with Crippen LogP contribution in [0.1, 0.15) is 11.1 Å². The molecule has 0 heterocycles. The number of primary sulfonamides is 1. The second-order valence-corrected chi connectivity index (χ2v) is 8.98. The molecule has 3 N–H and O–H groups in total. The molecule has 132 valence electrons. The number of anilines is 1. The Bertz CT molecular complexity index is 1040. The van der Waals surface area contributed by atoms with Crippen molar-refractivity contribution in [3.8, 4) is 6.07 Å². The fourth-order valence-electron chi connectivity index (χ4n) is 2.09. The van der Waals surface area contributed by atoms with E-state index in [1.807, 2.05) is 6.07 Å². The van der Waals surface area contributed by atoms with Gasteiger partial charge < -0.3 is 0 Å². The lowest BCUT2D eigenvalue weighted by Crippen LogP contribution is -2.21. The highest BCUT2D eigenvalue weighted by atomic mass is 35.5. The average Bonchev–Trinajstić information content (AvgIpc) is 2.51. The first-order valence-corrected chi connectivity index (χ1v) is 10.5. The Balaban J connectivity index is 2.26. The highest BCUT2D eigenvalue weighted by molar-refractivity contribution is 7.93. The number of rotatable bonds is 6. The smallest absolute Gasteiger partial charge is 0.240 e. The molecule has 0 saturated heterocycles. The summed E-state index contributed by atoms with van der Waals surface area (Å²) in [6.07, 6.45) is 0.179. The summed E-state index contributed by atoms with van der Waals surface area (Å²) < 4.78 is 49.9. The van der Waals surface area contributed by atoms with E-state index in [9.17, 15) is 16.8 Å². The summed E-state index contributed by atoms with van der Waals surface area (Å²) in [5, 5.41) is 14.5. The number of hydrogen-bond donors (Lipinski definition) is 2. The summed E-state index contributed by atoms with van der Waals surface area (Å²) in [7, 11) is -8.03. The van der Waals surface area contributed by atoms with Crippen molar-refractivity contribution in [3.63, 3.8) is 0 Å². The van der Waals surface area contributed by atoms with Gasteiger partial charge >= 0.3 is 0 Å². The zero-order valence-corrected chi connectivity index (χ0v) is 15.2. The molecule has 10 heteroatoms. The van der Waals surface area contributed by atoms with Crippen molar-refractivity contribution in [3.05, 3.63) is 58.6 Å². The van der Waals surface area contributed by atoms with Crippen molar-refractivity contribution >= 4 is 37.3 Å². The molecule has 2 aromatic rings. The summed E-state index contributed by atoms with van der Waals surface area (Å²) >= 11 is 5.85. The van der Waals surface area contributed by atoms with E-state index < -0.39 is 24.9 Å². The van der Waals surface area contributed by atoms with E-state index in [0.717, 1.165) is 17.7 Å². The van der Waals surface area contributed by atoms with Crippen molar-refractivity contribution in [2.24, 2.45) is 5.14 Å². The average molecular weight is 400 g/mol. The number of nitrogens with zero attached hydrogens (tertiary/aromatic N) is 1. The van der Waals surface area contributed by atoms with Crippen LogP contribution in [-0.2, 0) is 26.5 Å².